The van der Waals surface area contributed by atoms with E-state index in [1.165, 1.54) is 5.56 Å². The fraction of sp³-hybridized carbons (Fsp3) is 0.263. The molecule has 1 atom stereocenters. The van der Waals surface area contributed by atoms with Crippen molar-refractivity contribution in [3.05, 3.63) is 60.3 Å². The number of benzene rings is 2. The summed E-state index contributed by atoms with van der Waals surface area (Å²) in [6.07, 6.45) is 1.93. The molecule has 136 valence electrons. The number of aliphatic hydroxyl groups excluding tert-OH is 1. The van der Waals surface area contributed by atoms with Gasteiger partial charge >= 0.3 is 0 Å². The van der Waals surface area contributed by atoms with Crippen LogP contribution in [0.15, 0.2) is 54.7 Å². The summed E-state index contributed by atoms with van der Waals surface area (Å²) >= 11 is 0. The largest absolute Gasteiger partial charge is 0.490 e. The van der Waals surface area contributed by atoms with E-state index < -0.39 is 6.10 Å². The lowest BCUT2D eigenvalue weighted by Crippen LogP contribution is -2.32. The molecule has 26 heavy (non-hydrogen) atoms. The van der Waals surface area contributed by atoms with Crippen LogP contribution in [0.25, 0.3) is 10.8 Å². The van der Waals surface area contributed by atoms with Crippen molar-refractivity contribution in [2.45, 2.75) is 12.5 Å². The predicted octanol–water partition coefficient (Wildman–Crippen LogP) is 1.49. The summed E-state index contributed by atoms with van der Waals surface area (Å²) in [5.74, 6) is 6.58. The summed E-state index contributed by atoms with van der Waals surface area (Å²) in [6.45, 7) is 1.45. The van der Waals surface area contributed by atoms with Crippen LogP contribution in [0.3, 0.4) is 0 Å². The third-order valence-corrected chi connectivity index (χ3v) is 4.05. The highest BCUT2D eigenvalue weighted by molar-refractivity contribution is 5.94. The number of rotatable bonds is 9. The van der Waals surface area contributed by atoms with Crippen LogP contribution in [0.5, 0.6) is 5.75 Å². The summed E-state index contributed by atoms with van der Waals surface area (Å²) in [4.78, 5) is 0. The fourth-order valence-electron chi connectivity index (χ4n) is 2.71. The van der Waals surface area contributed by atoms with E-state index in [2.05, 4.69) is 33.1 Å². The number of fused-ring (bicyclic) bond motifs is 1. The zero-order valence-corrected chi connectivity index (χ0v) is 14.4. The van der Waals surface area contributed by atoms with E-state index in [4.69, 9.17) is 10.6 Å². The van der Waals surface area contributed by atoms with Gasteiger partial charge in [0, 0.05) is 17.3 Å². The minimum absolute atomic E-state index is 0.186. The molecule has 0 fully saturated rings. The maximum atomic E-state index is 10.1. The molecule has 3 rings (SSSR count). The van der Waals surface area contributed by atoms with E-state index in [0.29, 0.717) is 18.1 Å². The van der Waals surface area contributed by atoms with Crippen LogP contribution in [0.2, 0.25) is 0 Å². The van der Waals surface area contributed by atoms with Gasteiger partial charge in [-0.3, -0.25) is 0 Å². The Hall–Kier alpha value is -2.74. The molecule has 0 saturated carbocycles. The molecule has 7 nitrogen and oxygen atoms in total. The summed E-state index contributed by atoms with van der Waals surface area (Å²) in [6, 6.07) is 15.8. The molecular weight excluding hydrogens is 330 g/mol. The smallest absolute Gasteiger partial charge is 0.170 e. The summed E-state index contributed by atoms with van der Waals surface area (Å²) in [5, 5.41) is 22.8. The first kappa shape index (κ1) is 18.1. The number of nitrogen functional groups attached to an aromatic ring is 1. The third-order valence-electron chi connectivity index (χ3n) is 4.05. The molecule has 0 spiro atoms. The molecule has 1 heterocycles. The molecule has 7 heteroatoms. The van der Waals surface area contributed by atoms with Gasteiger partial charge < -0.3 is 20.6 Å². The summed E-state index contributed by atoms with van der Waals surface area (Å²) in [5.41, 5.74) is 3.79. The number of hydrogen-bond acceptors (Lipinski definition) is 7. The van der Waals surface area contributed by atoms with Crippen molar-refractivity contribution in [3.8, 4) is 5.75 Å². The number of aliphatic hydroxyl groups is 1. The van der Waals surface area contributed by atoms with Gasteiger partial charge in [0.05, 0.1) is 6.20 Å². The third kappa shape index (κ3) is 4.66. The van der Waals surface area contributed by atoms with Crippen molar-refractivity contribution >= 4 is 16.6 Å². The Labute approximate surface area is 152 Å². The lowest BCUT2D eigenvalue weighted by atomic mass is 10.1. The number of nitrogens with zero attached hydrogens (tertiary/aromatic N) is 2. The molecule has 0 radical (unpaired) electrons. The van der Waals surface area contributed by atoms with Crippen LogP contribution < -0.4 is 21.3 Å². The van der Waals surface area contributed by atoms with Crippen LogP contribution in [0.1, 0.15) is 5.56 Å². The number of hydrazine groups is 1. The SMILES string of the molecule is NNc1nncc2c(OCC(O)CNCCc3ccccc3)cccc12. The van der Waals surface area contributed by atoms with Gasteiger partial charge in [0.1, 0.15) is 18.5 Å². The Morgan fingerprint density at radius 3 is 2.73 bits per heavy atom. The monoisotopic (exact) mass is 353 g/mol. The lowest BCUT2D eigenvalue weighted by molar-refractivity contribution is 0.107. The second-order valence-electron chi connectivity index (χ2n) is 5.96. The van der Waals surface area contributed by atoms with Gasteiger partial charge in [-0.1, -0.05) is 42.5 Å². The second-order valence-corrected chi connectivity index (χ2v) is 5.96. The number of nitrogens with two attached hydrogens (primary N) is 1. The molecule has 0 saturated heterocycles. The Kier molecular flexibility index (Phi) is 6.32. The molecule has 2 aromatic carbocycles. The van der Waals surface area contributed by atoms with Gasteiger partial charge in [-0.2, -0.15) is 5.10 Å². The highest BCUT2D eigenvalue weighted by atomic mass is 16.5. The molecule has 0 bridgehead atoms. The van der Waals surface area contributed by atoms with Crippen molar-refractivity contribution in [1.82, 2.24) is 15.5 Å². The minimum atomic E-state index is -0.608. The van der Waals surface area contributed by atoms with E-state index in [0.717, 1.165) is 23.7 Å². The maximum absolute atomic E-state index is 10.1. The first-order valence-electron chi connectivity index (χ1n) is 8.54. The highest BCUT2D eigenvalue weighted by Gasteiger charge is 2.10. The average Bonchev–Trinajstić information content (AvgIpc) is 2.70. The van der Waals surface area contributed by atoms with Gasteiger partial charge in [0.2, 0.25) is 0 Å². The Morgan fingerprint density at radius 1 is 1.08 bits per heavy atom. The van der Waals surface area contributed by atoms with E-state index >= 15 is 0 Å². The molecule has 3 aromatic rings. The molecule has 0 amide bonds. The molecular formula is C19H23N5O2. The Bertz CT molecular complexity index is 829. The van der Waals surface area contributed by atoms with Crippen molar-refractivity contribution in [2.24, 2.45) is 5.84 Å². The highest BCUT2D eigenvalue weighted by Crippen LogP contribution is 2.28. The normalized spacial score (nSPS) is 12.1. The minimum Gasteiger partial charge on any atom is -0.490 e. The van der Waals surface area contributed by atoms with Gasteiger partial charge in [-0.05, 0) is 24.6 Å². The topological polar surface area (TPSA) is 105 Å². The predicted molar refractivity (Wildman–Crippen MR) is 102 cm³/mol. The number of anilines is 1. The van der Waals surface area contributed by atoms with Crippen LogP contribution in [-0.2, 0) is 6.42 Å². The zero-order valence-electron chi connectivity index (χ0n) is 14.4. The van der Waals surface area contributed by atoms with Crippen LogP contribution in [-0.4, -0.2) is 41.1 Å². The second kappa shape index (κ2) is 9.10. The average molecular weight is 353 g/mol. The number of nitrogens with one attached hydrogen (secondary N) is 2. The fourth-order valence-corrected chi connectivity index (χ4v) is 2.71. The first-order chi connectivity index (χ1) is 12.8. The van der Waals surface area contributed by atoms with Crippen molar-refractivity contribution in [3.63, 3.8) is 0 Å². The van der Waals surface area contributed by atoms with Crippen molar-refractivity contribution in [1.29, 1.82) is 0 Å². The molecule has 5 N–H and O–H groups in total. The molecule has 1 unspecified atom stereocenters. The lowest BCUT2D eigenvalue weighted by Gasteiger charge is -2.15. The number of aromatic nitrogens is 2. The first-order valence-corrected chi connectivity index (χ1v) is 8.54. The van der Waals surface area contributed by atoms with Crippen molar-refractivity contribution < 1.29 is 9.84 Å². The number of hydrogen-bond donors (Lipinski definition) is 4. The van der Waals surface area contributed by atoms with E-state index in [-0.39, 0.29) is 6.61 Å². The summed E-state index contributed by atoms with van der Waals surface area (Å²) < 4.78 is 5.77. The maximum Gasteiger partial charge on any atom is 0.170 e. The molecule has 1 aromatic heterocycles. The quantitative estimate of drug-likeness (QED) is 0.262. The van der Waals surface area contributed by atoms with Gasteiger partial charge in [-0.15, -0.1) is 5.10 Å². The zero-order chi connectivity index (χ0) is 18.2. The Morgan fingerprint density at radius 2 is 1.92 bits per heavy atom. The van der Waals surface area contributed by atoms with E-state index in [1.54, 1.807) is 6.20 Å². The Balaban J connectivity index is 1.48. The van der Waals surface area contributed by atoms with Gasteiger partial charge in [-0.25, -0.2) is 5.84 Å². The summed E-state index contributed by atoms with van der Waals surface area (Å²) in [7, 11) is 0. The van der Waals surface area contributed by atoms with E-state index in [1.807, 2.05) is 36.4 Å². The standard InChI is InChI=1S/C19H23N5O2/c20-23-19-16-7-4-8-18(17(16)12-22-24-19)26-13-15(25)11-21-10-9-14-5-2-1-3-6-14/h1-8,12,15,21,25H,9-11,13,20H2,(H,23,24). The molecule has 0 aliphatic rings. The van der Waals surface area contributed by atoms with E-state index in [9.17, 15) is 5.11 Å². The van der Waals surface area contributed by atoms with Crippen molar-refractivity contribution in [2.75, 3.05) is 25.1 Å². The van der Waals surface area contributed by atoms with Crippen LogP contribution in [0, 0.1) is 0 Å². The molecule has 0 aliphatic carbocycles. The van der Waals surface area contributed by atoms with Crippen LogP contribution >= 0.6 is 0 Å². The molecule has 0 aliphatic heterocycles. The van der Waals surface area contributed by atoms with Gasteiger partial charge in [0.15, 0.2) is 5.82 Å². The number of ether oxygens (including phenoxy) is 1. The van der Waals surface area contributed by atoms with Crippen LogP contribution in [0.4, 0.5) is 5.82 Å². The van der Waals surface area contributed by atoms with Gasteiger partial charge in [0.25, 0.3) is 0 Å².